The van der Waals surface area contributed by atoms with Gasteiger partial charge in [0.2, 0.25) is 0 Å². The zero-order chi connectivity index (χ0) is 13.9. The van der Waals surface area contributed by atoms with E-state index >= 15 is 0 Å². The summed E-state index contributed by atoms with van der Waals surface area (Å²) in [7, 11) is 0. The summed E-state index contributed by atoms with van der Waals surface area (Å²) in [6, 6.07) is 14.2. The second-order valence-corrected chi connectivity index (χ2v) is 5.27. The molecule has 0 bridgehead atoms. The summed E-state index contributed by atoms with van der Waals surface area (Å²) in [4.78, 5) is 4.30. The lowest BCUT2D eigenvalue weighted by Gasteiger charge is -2.11. The number of hydrogen-bond acceptors (Lipinski definition) is 2. The molecular formula is C17H15ClN2. The minimum atomic E-state index is 0.732. The maximum absolute atomic E-state index is 6.04. The van der Waals surface area contributed by atoms with Gasteiger partial charge in [-0.1, -0.05) is 41.9 Å². The first-order valence-corrected chi connectivity index (χ1v) is 6.93. The zero-order valence-electron chi connectivity index (χ0n) is 11.2. The Bertz CT molecular complexity index is 748. The molecule has 0 radical (unpaired) electrons. The third kappa shape index (κ3) is 2.61. The summed E-state index contributed by atoms with van der Waals surface area (Å²) in [5.41, 5.74) is 3.43. The van der Waals surface area contributed by atoms with Crippen molar-refractivity contribution >= 4 is 28.1 Å². The molecule has 2 nitrogen and oxygen atoms in total. The molecule has 1 aromatic heterocycles. The van der Waals surface area contributed by atoms with E-state index in [1.807, 2.05) is 36.7 Å². The predicted octanol–water partition coefficient (Wildman–Crippen LogP) is 4.81. The molecule has 3 aromatic rings. The van der Waals surface area contributed by atoms with Crippen molar-refractivity contribution in [3.63, 3.8) is 0 Å². The number of hydrogen-bond donors (Lipinski definition) is 1. The molecule has 1 heterocycles. The van der Waals surface area contributed by atoms with Gasteiger partial charge in [-0.05, 0) is 35.6 Å². The zero-order valence-corrected chi connectivity index (χ0v) is 12.0. The van der Waals surface area contributed by atoms with Gasteiger partial charge in [0, 0.05) is 35.0 Å². The average molecular weight is 283 g/mol. The van der Waals surface area contributed by atoms with Gasteiger partial charge in [0.15, 0.2) is 0 Å². The fourth-order valence-electron chi connectivity index (χ4n) is 2.30. The third-order valence-corrected chi connectivity index (χ3v) is 3.65. The van der Waals surface area contributed by atoms with E-state index in [4.69, 9.17) is 11.6 Å². The van der Waals surface area contributed by atoms with Crippen molar-refractivity contribution in [3.05, 3.63) is 71.0 Å². The lowest BCUT2D eigenvalue weighted by atomic mass is 10.1. The van der Waals surface area contributed by atoms with Crippen molar-refractivity contribution in [2.24, 2.45) is 0 Å². The number of benzene rings is 2. The Morgan fingerprint density at radius 2 is 1.95 bits per heavy atom. The molecule has 0 fully saturated rings. The van der Waals surface area contributed by atoms with Crippen molar-refractivity contribution in [3.8, 4) is 0 Å². The van der Waals surface area contributed by atoms with E-state index in [0.717, 1.165) is 22.6 Å². The number of aryl methyl sites for hydroxylation is 1. The molecule has 0 saturated heterocycles. The SMILES string of the molecule is Cc1ccc(Cl)cc1NCc1cncc2ccccc12. The van der Waals surface area contributed by atoms with Crippen molar-refractivity contribution in [2.45, 2.75) is 13.5 Å². The Morgan fingerprint density at radius 1 is 1.10 bits per heavy atom. The van der Waals surface area contributed by atoms with Crippen LogP contribution in [0, 0.1) is 6.92 Å². The van der Waals surface area contributed by atoms with Crippen LogP contribution in [0.2, 0.25) is 5.02 Å². The number of pyridine rings is 1. The molecule has 0 unspecified atom stereocenters. The average Bonchev–Trinajstić information content (AvgIpc) is 2.48. The van der Waals surface area contributed by atoms with E-state index in [0.29, 0.717) is 0 Å². The van der Waals surface area contributed by atoms with Gasteiger partial charge < -0.3 is 5.32 Å². The molecule has 0 aliphatic carbocycles. The van der Waals surface area contributed by atoms with Crippen molar-refractivity contribution in [1.29, 1.82) is 0 Å². The maximum atomic E-state index is 6.04. The summed E-state index contributed by atoms with van der Waals surface area (Å²) in [5.74, 6) is 0. The Balaban J connectivity index is 1.89. The number of aromatic nitrogens is 1. The molecule has 0 spiro atoms. The van der Waals surface area contributed by atoms with Crippen LogP contribution in [0.5, 0.6) is 0 Å². The van der Waals surface area contributed by atoms with Gasteiger partial charge in [-0.25, -0.2) is 0 Å². The quantitative estimate of drug-likeness (QED) is 0.746. The highest BCUT2D eigenvalue weighted by molar-refractivity contribution is 6.30. The Labute approximate surface area is 123 Å². The summed E-state index contributed by atoms with van der Waals surface area (Å²) in [5, 5.41) is 6.58. The fraction of sp³-hybridized carbons (Fsp3) is 0.118. The molecule has 2 aromatic carbocycles. The van der Waals surface area contributed by atoms with Gasteiger partial charge in [0.05, 0.1) is 0 Å². The number of anilines is 1. The van der Waals surface area contributed by atoms with E-state index in [1.165, 1.54) is 16.5 Å². The molecule has 0 amide bonds. The largest absolute Gasteiger partial charge is 0.381 e. The summed E-state index contributed by atoms with van der Waals surface area (Å²) < 4.78 is 0. The highest BCUT2D eigenvalue weighted by atomic mass is 35.5. The van der Waals surface area contributed by atoms with E-state index in [1.54, 1.807) is 0 Å². The molecule has 1 N–H and O–H groups in total. The maximum Gasteiger partial charge on any atom is 0.0426 e. The highest BCUT2D eigenvalue weighted by Gasteiger charge is 2.03. The van der Waals surface area contributed by atoms with Crippen molar-refractivity contribution < 1.29 is 0 Å². The molecule has 20 heavy (non-hydrogen) atoms. The first kappa shape index (κ1) is 12.9. The first-order chi connectivity index (χ1) is 9.74. The summed E-state index contributed by atoms with van der Waals surface area (Å²) in [6.07, 6.45) is 3.80. The molecular weight excluding hydrogens is 268 g/mol. The van der Waals surface area contributed by atoms with E-state index in [2.05, 4.69) is 35.4 Å². The first-order valence-electron chi connectivity index (χ1n) is 6.56. The van der Waals surface area contributed by atoms with Crippen LogP contribution >= 0.6 is 11.6 Å². The van der Waals surface area contributed by atoms with Crippen LogP contribution in [0.15, 0.2) is 54.9 Å². The van der Waals surface area contributed by atoms with Crippen LogP contribution in [0.4, 0.5) is 5.69 Å². The van der Waals surface area contributed by atoms with Crippen LogP contribution in [-0.2, 0) is 6.54 Å². The minimum Gasteiger partial charge on any atom is -0.381 e. The molecule has 0 saturated carbocycles. The molecule has 0 aliphatic rings. The number of fused-ring (bicyclic) bond motifs is 1. The van der Waals surface area contributed by atoms with Crippen LogP contribution in [0.3, 0.4) is 0 Å². The third-order valence-electron chi connectivity index (χ3n) is 3.42. The van der Waals surface area contributed by atoms with Crippen LogP contribution in [0.1, 0.15) is 11.1 Å². The fourth-order valence-corrected chi connectivity index (χ4v) is 2.47. The lowest BCUT2D eigenvalue weighted by Crippen LogP contribution is -2.02. The summed E-state index contributed by atoms with van der Waals surface area (Å²) >= 11 is 6.04. The van der Waals surface area contributed by atoms with Crippen molar-refractivity contribution in [2.75, 3.05) is 5.32 Å². The smallest absolute Gasteiger partial charge is 0.0426 e. The monoisotopic (exact) mass is 282 g/mol. The van der Waals surface area contributed by atoms with Gasteiger partial charge in [0.1, 0.15) is 0 Å². The summed E-state index contributed by atoms with van der Waals surface area (Å²) in [6.45, 7) is 2.80. The highest BCUT2D eigenvalue weighted by Crippen LogP contribution is 2.22. The standard InChI is InChI=1S/C17H15ClN2/c1-12-6-7-15(18)8-17(12)20-11-14-10-19-9-13-4-2-3-5-16(13)14/h2-10,20H,11H2,1H3. The molecule has 100 valence electrons. The predicted molar refractivity (Wildman–Crippen MR) is 85.3 cm³/mol. The van der Waals surface area contributed by atoms with Gasteiger partial charge in [-0.3, -0.25) is 4.98 Å². The minimum absolute atomic E-state index is 0.732. The van der Waals surface area contributed by atoms with Gasteiger partial charge in [-0.15, -0.1) is 0 Å². The van der Waals surface area contributed by atoms with Crippen LogP contribution in [-0.4, -0.2) is 4.98 Å². The van der Waals surface area contributed by atoms with Gasteiger partial charge >= 0.3 is 0 Å². The number of halogens is 1. The normalized spacial score (nSPS) is 10.7. The number of nitrogens with one attached hydrogen (secondary N) is 1. The molecule has 3 rings (SSSR count). The van der Waals surface area contributed by atoms with Gasteiger partial charge in [0.25, 0.3) is 0 Å². The number of rotatable bonds is 3. The second-order valence-electron chi connectivity index (χ2n) is 4.83. The Morgan fingerprint density at radius 3 is 2.85 bits per heavy atom. The Kier molecular flexibility index (Phi) is 3.57. The van der Waals surface area contributed by atoms with Crippen molar-refractivity contribution in [1.82, 2.24) is 4.98 Å². The number of nitrogens with zero attached hydrogens (tertiary/aromatic N) is 1. The topological polar surface area (TPSA) is 24.9 Å². The Hall–Kier alpha value is -2.06. The second kappa shape index (κ2) is 5.51. The molecule has 0 aliphatic heterocycles. The van der Waals surface area contributed by atoms with E-state index in [-0.39, 0.29) is 0 Å². The lowest BCUT2D eigenvalue weighted by molar-refractivity contribution is 1.13. The van der Waals surface area contributed by atoms with E-state index in [9.17, 15) is 0 Å². The van der Waals surface area contributed by atoms with Crippen LogP contribution in [0.25, 0.3) is 10.8 Å². The molecule has 0 atom stereocenters. The van der Waals surface area contributed by atoms with E-state index < -0.39 is 0 Å². The van der Waals surface area contributed by atoms with Crippen LogP contribution < -0.4 is 5.32 Å². The molecule has 3 heteroatoms. The van der Waals surface area contributed by atoms with Gasteiger partial charge in [-0.2, -0.15) is 0 Å².